The molecule has 2 aromatic rings. The number of hydrogen-bond donors (Lipinski definition) is 1. The third kappa shape index (κ3) is 2.49. The van der Waals surface area contributed by atoms with Crippen LogP contribution < -0.4 is 5.32 Å². The maximum Gasteiger partial charge on any atom is 0.0950 e. The van der Waals surface area contributed by atoms with Gasteiger partial charge in [0.05, 0.1) is 18.2 Å². The lowest BCUT2D eigenvalue weighted by Crippen LogP contribution is -2.18. The average molecular weight is 216 g/mol. The number of hydrogen-bond acceptors (Lipinski definition) is 3. The van der Waals surface area contributed by atoms with Crippen LogP contribution in [0.5, 0.6) is 0 Å². The number of nitrogens with one attached hydrogen (secondary N) is 1. The molecule has 2 aromatic heterocycles. The number of rotatable bonds is 4. The van der Waals surface area contributed by atoms with E-state index in [0.717, 1.165) is 17.8 Å². The first-order valence-corrected chi connectivity index (χ1v) is 5.43. The van der Waals surface area contributed by atoms with Crippen LogP contribution in [0.3, 0.4) is 0 Å². The van der Waals surface area contributed by atoms with E-state index in [4.69, 9.17) is 4.42 Å². The molecule has 84 valence electrons. The van der Waals surface area contributed by atoms with Crippen LogP contribution in [0.25, 0.3) is 0 Å². The van der Waals surface area contributed by atoms with Crippen molar-refractivity contribution in [3.63, 3.8) is 0 Å². The van der Waals surface area contributed by atoms with Gasteiger partial charge in [0.25, 0.3) is 0 Å². The maximum absolute atomic E-state index is 5.06. The van der Waals surface area contributed by atoms with E-state index in [-0.39, 0.29) is 6.04 Å². The van der Waals surface area contributed by atoms with E-state index in [0.29, 0.717) is 0 Å². The normalized spacial score (nSPS) is 12.6. The zero-order valence-electron chi connectivity index (χ0n) is 9.60. The van der Waals surface area contributed by atoms with Crippen LogP contribution in [0.15, 0.2) is 41.3 Å². The molecule has 2 heterocycles. The summed E-state index contributed by atoms with van der Waals surface area (Å²) in [7, 11) is 0. The molecule has 0 saturated carbocycles. The lowest BCUT2D eigenvalue weighted by molar-refractivity contribution is 0.535. The quantitative estimate of drug-likeness (QED) is 0.854. The lowest BCUT2D eigenvalue weighted by atomic mass is 10.1. The molecular formula is C13H16N2O. The molecule has 1 atom stereocenters. The largest absolute Gasteiger partial charge is 0.472 e. The second-order valence-corrected chi connectivity index (χ2v) is 3.93. The van der Waals surface area contributed by atoms with Crippen LogP contribution >= 0.6 is 0 Å². The molecule has 0 aliphatic heterocycles. The molecule has 1 N–H and O–H groups in total. The molecular weight excluding hydrogens is 200 g/mol. The summed E-state index contributed by atoms with van der Waals surface area (Å²) in [6, 6.07) is 6.29. The summed E-state index contributed by atoms with van der Waals surface area (Å²) in [5.41, 5.74) is 3.47. The van der Waals surface area contributed by atoms with Crippen molar-refractivity contribution in [2.75, 3.05) is 0 Å². The highest BCUT2D eigenvalue weighted by molar-refractivity contribution is 5.18. The second kappa shape index (κ2) is 4.94. The Balaban J connectivity index is 1.95. The Morgan fingerprint density at radius 3 is 3.00 bits per heavy atom. The van der Waals surface area contributed by atoms with E-state index < -0.39 is 0 Å². The fraction of sp³-hybridized carbons (Fsp3) is 0.308. The van der Waals surface area contributed by atoms with Gasteiger partial charge in [0, 0.05) is 24.3 Å². The van der Waals surface area contributed by atoms with Crippen LogP contribution in [0.1, 0.15) is 29.8 Å². The number of aromatic nitrogens is 1. The SMILES string of the molecule is Cc1cccnc1CNC(C)c1ccoc1. The van der Waals surface area contributed by atoms with E-state index in [1.165, 1.54) is 5.56 Å². The van der Waals surface area contributed by atoms with Gasteiger partial charge in [-0.05, 0) is 31.5 Å². The van der Waals surface area contributed by atoms with Gasteiger partial charge in [0.15, 0.2) is 0 Å². The fourth-order valence-corrected chi connectivity index (χ4v) is 1.59. The summed E-state index contributed by atoms with van der Waals surface area (Å²) < 4.78 is 5.06. The van der Waals surface area contributed by atoms with Gasteiger partial charge in [0.2, 0.25) is 0 Å². The Morgan fingerprint density at radius 1 is 1.44 bits per heavy atom. The Morgan fingerprint density at radius 2 is 2.31 bits per heavy atom. The summed E-state index contributed by atoms with van der Waals surface area (Å²) in [4.78, 5) is 4.35. The molecule has 0 spiro atoms. The van der Waals surface area contributed by atoms with E-state index in [1.54, 1.807) is 12.5 Å². The topological polar surface area (TPSA) is 38.1 Å². The third-order valence-corrected chi connectivity index (χ3v) is 2.74. The van der Waals surface area contributed by atoms with Crippen LogP contribution in [0.4, 0.5) is 0 Å². The molecule has 0 aliphatic carbocycles. The van der Waals surface area contributed by atoms with Gasteiger partial charge >= 0.3 is 0 Å². The summed E-state index contributed by atoms with van der Waals surface area (Å²) in [5.74, 6) is 0. The van der Waals surface area contributed by atoms with Crippen molar-refractivity contribution in [1.82, 2.24) is 10.3 Å². The molecule has 3 nitrogen and oxygen atoms in total. The number of nitrogens with zero attached hydrogens (tertiary/aromatic N) is 1. The van der Waals surface area contributed by atoms with E-state index >= 15 is 0 Å². The van der Waals surface area contributed by atoms with Crippen LogP contribution in [-0.4, -0.2) is 4.98 Å². The van der Waals surface area contributed by atoms with E-state index in [9.17, 15) is 0 Å². The Hall–Kier alpha value is -1.61. The predicted molar refractivity (Wildman–Crippen MR) is 62.9 cm³/mol. The molecule has 16 heavy (non-hydrogen) atoms. The highest BCUT2D eigenvalue weighted by Crippen LogP contribution is 2.13. The van der Waals surface area contributed by atoms with E-state index in [2.05, 4.69) is 30.2 Å². The smallest absolute Gasteiger partial charge is 0.0950 e. The average Bonchev–Trinajstić information content (AvgIpc) is 2.81. The minimum Gasteiger partial charge on any atom is -0.472 e. The number of aryl methyl sites for hydroxylation is 1. The van der Waals surface area contributed by atoms with Gasteiger partial charge in [-0.1, -0.05) is 6.07 Å². The van der Waals surface area contributed by atoms with Gasteiger partial charge in [-0.3, -0.25) is 4.98 Å². The van der Waals surface area contributed by atoms with Gasteiger partial charge in [-0.25, -0.2) is 0 Å². The Kier molecular flexibility index (Phi) is 3.37. The number of furan rings is 1. The van der Waals surface area contributed by atoms with Gasteiger partial charge in [0.1, 0.15) is 0 Å². The predicted octanol–water partition coefficient (Wildman–Crippen LogP) is 2.83. The second-order valence-electron chi connectivity index (χ2n) is 3.93. The molecule has 0 fully saturated rings. The molecule has 0 bridgehead atoms. The standard InChI is InChI=1S/C13H16N2O/c1-10-4-3-6-14-13(10)8-15-11(2)12-5-7-16-9-12/h3-7,9,11,15H,8H2,1-2H3. The van der Waals surface area contributed by atoms with Crippen LogP contribution in [-0.2, 0) is 6.54 Å². The third-order valence-electron chi connectivity index (χ3n) is 2.74. The molecule has 0 aliphatic rings. The monoisotopic (exact) mass is 216 g/mol. The Labute approximate surface area is 95.5 Å². The van der Waals surface area contributed by atoms with Crippen LogP contribution in [0.2, 0.25) is 0 Å². The molecule has 0 saturated heterocycles. The van der Waals surface area contributed by atoms with Crippen molar-refractivity contribution in [2.45, 2.75) is 26.4 Å². The van der Waals surface area contributed by atoms with Gasteiger partial charge in [-0.15, -0.1) is 0 Å². The van der Waals surface area contributed by atoms with Gasteiger partial charge in [-0.2, -0.15) is 0 Å². The highest BCUT2D eigenvalue weighted by atomic mass is 16.3. The molecule has 1 unspecified atom stereocenters. The molecule has 0 aromatic carbocycles. The van der Waals surface area contributed by atoms with Crippen molar-refractivity contribution >= 4 is 0 Å². The van der Waals surface area contributed by atoms with Crippen LogP contribution in [0, 0.1) is 6.92 Å². The molecule has 2 rings (SSSR count). The first kappa shape index (κ1) is 10.9. The lowest BCUT2D eigenvalue weighted by Gasteiger charge is -2.12. The fourth-order valence-electron chi connectivity index (χ4n) is 1.59. The minimum atomic E-state index is 0.278. The highest BCUT2D eigenvalue weighted by Gasteiger charge is 2.06. The zero-order chi connectivity index (χ0) is 11.4. The van der Waals surface area contributed by atoms with Crippen molar-refractivity contribution in [3.8, 4) is 0 Å². The summed E-state index contributed by atoms with van der Waals surface area (Å²) in [6.45, 7) is 4.97. The van der Waals surface area contributed by atoms with Crippen molar-refractivity contribution in [3.05, 3.63) is 53.7 Å². The summed E-state index contributed by atoms with van der Waals surface area (Å²) >= 11 is 0. The van der Waals surface area contributed by atoms with Gasteiger partial charge < -0.3 is 9.73 Å². The summed E-state index contributed by atoms with van der Waals surface area (Å²) in [5, 5.41) is 3.42. The van der Waals surface area contributed by atoms with E-state index in [1.807, 2.05) is 18.3 Å². The zero-order valence-corrected chi connectivity index (χ0v) is 9.60. The van der Waals surface area contributed by atoms with Crippen molar-refractivity contribution in [1.29, 1.82) is 0 Å². The minimum absolute atomic E-state index is 0.278. The van der Waals surface area contributed by atoms with Crippen molar-refractivity contribution < 1.29 is 4.42 Å². The Bertz CT molecular complexity index is 437. The summed E-state index contributed by atoms with van der Waals surface area (Å²) in [6.07, 6.45) is 5.29. The molecule has 3 heteroatoms. The molecule has 0 amide bonds. The molecule has 0 radical (unpaired) electrons. The van der Waals surface area contributed by atoms with Crippen molar-refractivity contribution in [2.24, 2.45) is 0 Å². The maximum atomic E-state index is 5.06. The number of pyridine rings is 1. The first-order valence-electron chi connectivity index (χ1n) is 5.43. The first-order chi connectivity index (χ1) is 7.77.